The Morgan fingerprint density at radius 3 is 2.95 bits per heavy atom. The molecule has 3 rings (SSSR count). The summed E-state index contributed by atoms with van der Waals surface area (Å²) in [7, 11) is -3.18. The Labute approximate surface area is 130 Å². The number of nitrogens with one attached hydrogen (secondary N) is 2. The molecule has 0 saturated carbocycles. The number of aromatic nitrogens is 1. The molecule has 2 aliphatic heterocycles. The highest BCUT2D eigenvalue weighted by Gasteiger charge is 2.44. The highest BCUT2D eigenvalue weighted by molar-refractivity contribution is 7.91. The molecule has 0 aliphatic carbocycles. The fraction of sp³-hybridized carbons (Fsp3) is 0.571. The molecular formula is C14H20N4O3S. The molecule has 22 heavy (non-hydrogen) atoms. The van der Waals surface area contributed by atoms with Gasteiger partial charge in [-0.15, -0.1) is 0 Å². The van der Waals surface area contributed by atoms with Crippen molar-refractivity contribution in [2.45, 2.75) is 30.2 Å². The van der Waals surface area contributed by atoms with Gasteiger partial charge in [0.15, 0.2) is 9.84 Å². The van der Waals surface area contributed by atoms with E-state index in [1.54, 1.807) is 29.4 Å². The topological polar surface area (TPSA) is 91.4 Å². The first-order valence-electron chi connectivity index (χ1n) is 7.37. The molecule has 2 fully saturated rings. The van der Waals surface area contributed by atoms with Crippen molar-refractivity contribution in [3.63, 3.8) is 0 Å². The van der Waals surface area contributed by atoms with Crippen molar-refractivity contribution < 1.29 is 13.2 Å². The van der Waals surface area contributed by atoms with E-state index in [-0.39, 0.29) is 18.0 Å². The molecule has 2 saturated heterocycles. The SMILES string of the molecule is CS(=O)(=O)C1CNNC1C1CCCN1C(=O)c1cccnc1. The molecule has 3 atom stereocenters. The van der Waals surface area contributed by atoms with Crippen LogP contribution in [0.5, 0.6) is 0 Å². The molecule has 0 spiro atoms. The molecule has 120 valence electrons. The third-order valence-electron chi connectivity index (χ3n) is 4.41. The lowest BCUT2D eigenvalue weighted by molar-refractivity contribution is 0.0710. The Bertz CT molecular complexity index is 649. The summed E-state index contributed by atoms with van der Waals surface area (Å²) in [6, 6.07) is 3.06. The van der Waals surface area contributed by atoms with Crippen LogP contribution < -0.4 is 10.9 Å². The molecule has 3 unspecified atom stereocenters. The Balaban J connectivity index is 1.83. The summed E-state index contributed by atoms with van der Waals surface area (Å²) >= 11 is 0. The maximum Gasteiger partial charge on any atom is 0.255 e. The van der Waals surface area contributed by atoms with Crippen LogP contribution in [0.1, 0.15) is 23.2 Å². The molecule has 2 aliphatic rings. The number of hydrogen-bond acceptors (Lipinski definition) is 6. The molecule has 8 heteroatoms. The van der Waals surface area contributed by atoms with Gasteiger partial charge < -0.3 is 4.90 Å². The summed E-state index contributed by atoms with van der Waals surface area (Å²) in [6.07, 6.45) is 6.11. The van der Waals surface area contributed by atoms with E-state index >= 15 is 0 Å². The van der Waals surface area contributed by atoms with Crippen LogP contribution in [-0.2, 0) is 9.84 Å². The molecule has 1 amide bonds. The summed E-state index contributed by atoms with van der Waals surface area (Å²) < 4.78 is 23.9. The van der Waals surface area contributed by atoms with Crippen molar-refractivity contribution in [1.82, 2.24) is 20.7 Å². The third kappa shape index (κ3) is 2.86. The van der Waals surface area contributed by atoms with Gasteiger partial charge in [0.2, 0.25) is 0 Å². The van der Waals surface area contributed by atoms with Gasteiger partial charge in [-0.2, -0.15) is 0 Å². The van der Waals surface area contributed by atoms with Crippen LogP contribution in [-0.4, -0.2) is 60.9 Å². The zero-order valence-electron chi connectivity index (χ0n) is 12.4. The second-order valence-corrected chi connectivity index (χ2v) is 8.13. The summed E-state index contributed by atoms with van der Waals surface area (Å²) in [4.78, 5) is 18.4. The van der Waals surface area contributed by atoms with Crippen LogP contribution in [0.2, 0.25) is 0 Å². The minimum Gasteiger partial charge on any atom is -0.334 e. The smallest absolute Gasteiger partial charge is 0.255 e. The molecule has 7 nitrogen and oxygen atoms in total. The van der Waals surface area contributed by atoms with Crippen LogP contribution in [0.25, 0.3) is 0 Å². The van der Waals surface area contributed by atoms with Crippen LogP contribution >= 0.6 is 0 Å². The second-order valence-electron chi connectivity index (χ2n) is 5.87. The predicted molar refractivity (Wildman–Crippen MR) is 81.9 cm³/mol. The van der Waals surface area contributed by atoms with E-state index in [0.717, 1.165) is 12.8 Å². The van der Waals surface area contributed by atoms with Gasteiger partial charge in [-0.1, -0.05) is 0 Å². The first kappa shape index (κ1) is 15.4. The predicted octanol–water partition coefficient (Wildman–Crippen LogP) is -0.424. The fourth-order valence-corrected chi connectivity index (χ4v) is 4.50. The molecule has 3 heterocycles. The van der Waals surface area contributed by atoms with Crippen molar-refractivity contribution in [1.29, 1.82) is 0 Å². The maximum absolute atomic E-state index is 12.7. The molecule has 1 aromatic rings. The van der Waals surface area contributed by atoms with Gasteiger partial charge in [0.1, 0.15) is 0 Å². The Morgan fingerprint density at radius 2 is 2.27 bits per heavy atom. The van der Waals surface area contributed by atoms with Crippen molar-refractivity contribution in [2.75, 3.05) is 19.3 Å². The van der Waals surface area contributed by atoms with E-state index in [9.17, 15) is 13.2 Å². The third-order valence-corrected chi connectivity index (χ3v) is 5.97. The number of sulfone groups is 1. The normalized spacial score (nSPS) is 29.0. The number of amides is 1. The van der Waals surface area contributed by atoms with Crippen LogP contribution in [0.3, 0.4) is 0 Å². The van der Waals surface area contributed by atoms with Gasteiger partial charge >= 0.3 is 0 Å². The molecule has 0 bridgehead atoms. The van der Waals surface area contributed by atoms with Crippen LogP contribution in [0, 0.1) is 0 Å². The number of carbonyl (C=O) groups excluding carboxylic acids is 1. The lowest BCUT2D eigenvalue weighted by Gasteiger charge is -2.31. The lowest BCUT2D eigenvalue weighted by Crippen LogP contribution is -2.53. The summed E-state index contributed by atoms with van der Waals surface area (Å²) in [5.41, 5.74) is 6.52. The number of nitrogens with zero attached hydrogens (tertiary/aromatic N) is 2. The van der Waals surface area contributed by atoms with Crippen LogP contribution in [0.4, 0.5) is 0 Å². The van der Waals surface area contributed by atoms with E-state index in [1.165, 1.54) is 6.26 Å². The average molecular weight is 324 g/mol. The molecule has 2 N–H and O–H groups in total. The molecule has 1 aromatic heterocycles. The van der Waals surface area contributed by atoms with Crippen molar-refractivity contribution in [3.8, 4) is 0 Å². The quantitative estimate of drug-likeness (QED) is 0.784. The van der Waals surface area contributed by atoms with E-state index in [1.807, 2.05) is 0 Å². The molecular weight excluding hydrogens is 304 g/mol. The number of rotatable bonds is 3. The average Bonchev–Trinajstić information content (AvgIpc) is 3.15. The highest BCUT2D eigenvalue weighted by Crippen LogP contribution is 2.27. The van der Waals surface area contributed by atoms with Gasteiger partial charge in [0.25, 0.3) is 5.91 Å². The largest absolute Gasteiger partial charge is 0.334 e. The van der Waals surface area contributed by atoms with E-state index in [2.05, 4.69) is 15.8 Å². The minimum atomic E-state index is -3.18. The summed E-state index contributed by atoms with van der Waals surface area (Å²) in [5.74, 6) is -0.0865. The zero-order chi connectivity index (χ0) is 15.7. The Hall–Kier alpha value is -1.51. The fourth-order valence-electron chi connectivity index (χ4n) is 3.33. The number of hydrazine groups is 1. The molecule has 0 aromatic carbocycles. The standard InChI is InChI=1S/C14H20N4O3S/c1-22(20,21)12-9-16-17-13(12)11-5-3-7-18(11)14(19)10-4-2-6-15-8-10/h2,4,6,8,11-13,16-17H,3,5,7,9H2,1H3. The van der Waals surface area contributed by atoms with E-state index in [0.29, 0.717) is 18.7 Å². The van der Waals surface area contributed by atoms with Gasteiger partial charge in [-0.05, 0) is 25.0 Å². The summed E-state index contributed by atoms with van der Waals surface area (Å²) in [5, 5.41) is -0.514. The van der Waals surface area contributed by atoms with Gasteiger partial charge in [-0.25, -0.2) is 8.42 Å². The van der Waals surface area contributed by atoms with E-state index in [4.69, 9.17) is 0 Å². The monoisotopic (exact) mass is 324 g/mol. The van der Waals surface area contributed by atoms with Gasteiger partial charge in [0, 0.05) is 31.7 Å². The zero-order valence-corrected chi connectivity index (χ0v) is 13.2. The van der Waals surface area contributed by atoms with Crippen molar-refractivity contribution >= 4 is 15.7 Å². The Morgan fingerprint density at radius 1 is 1.45 bits per heavy atom. The summed E-state index contributed by atoms with van der Waals surface area (Å²) in [6.45, 7) is 1.02. The Kier molecular flexibility index (Phi) is 4.16. The second kappa shape index (κ2) is 5.94. The van der Waals surface area contributed by atoms with Crippen LogP contribution in [0.15, 0.2) is 24.5 Å². The number of likely N-dealkylation sites (tertiary alicyclic amines) is 1. The minimum absolute atomic E-state index is 0.0865. The first-order chi connectivity index (χ1) is 10.5. The number of pyridine rings is 1. The first-order valence-corrected chi connectivity index (χ1v) is 9.32. The number of hydrogen-bond donors (Lipinski definition) is 2. The van der Waals surface area contributed by atoms with Gasteiger partial charge in [-0.3, -0.25) is 20.6 Å². The molecule has 0 radical (unpaired) electrons. The van der Waals surface area contributed by atoms with E-state index < -0.39 is 15.1 Å². The van der Waals surface area contributed by atoms with Crippen molar-refractivity contribution in [3.05, 3.63) is 30.1 Å². The maximum atomic E-state index is 12.7. The number of carbonyl (C=O) groups is 1. The van der Waals surface area contributed by atoms with Crippen molar-refractivity contribution in [2.24, 2.45) is 0 Å². The highest BCUT2D eigenvalue weighted by atomic mass is 32.2. The van der Waals surface area contributed by atoms with Gasteiger partial charge in [0.05, 0.1) is 22.9 Å². The lowest BCUT2D eigenvalue weighted by atomic mass is 10.0.